The van der Waals surface area contributed by atoms with Gasteiger partial charge in [-0.2, -0.15) is 0 Å². The fraction of sp³-hybridized carbons (Fsp3) is 0. The molecule has 0 fully saturated rings. The van der Waals surface area contributed by atoms with E-state index >= 15 is 0 Å². The average molecular weight is 400 g/mol. The van der Waals surface area contributed by atoms with E-state index in [0.717, 1.165) is 0 Å². The number of benzene rings is 5. The number of rotatable bonds is 1. The van der Waals surface area contributed by atoms with Crippen LogP contribution in [0.3, 0.4) is 0 Å². The van der Waals surface area contributed by atoms with Gasteiger partial charge in [-0.05, 0) is 29.1 Å². The molecule has 0 bridgehead atoms. The van der Waals surface area contributed by atoms with Crippen LogP contribution in [0.5, 0.6) is 0 Å². The zero-order valence-electron chi connectivity index (χ0n) is 16.1. The molecule has 0 aliphatic rings. The van der Waals surface area contributed by atoms with E-state index in [9.17, 15) is 0 Å². The molecular formula is C28H17NS. The van der Waals surface area contributed by atoms with Crippen molar-refractivity contribution in [2.45, 2.75) is 0 Å². The molecule has 2 heterocycles. The molecule has 140 valence electrons. The molecule has 30 heavy (non-hydrogen) atoms. The SMILES string of the molecule is c1ccc2c(c1)ccc1c3cccc(-c4ccc5sc6ccccc6c5c4)c3[nH]c21. The highest BCUT2D eigenvalue weighted by Gasteiger charge is 2.13. The molecule has 7 aromatic rings. The second-order valence-corrected chi connectivity index (χ2v) is 8.96. The molecule has 0 saturated carbocycles. The number of hydrogen-bond donors (Lipinski definition) is 1. The van der Waals surface area contributed by atoms with Crippen LogP contribution in [-0.4, -0.2) is 4.98 Å². The minimum absolute atomic E-state index is 1.21. The highest BCUT2D eigenvalue weighted by Crippen LogP contribution is 2.39. The maximum absolute atomic E-state index is 3.77. The third-order valence-electron chi connectivity index (χ3n) is 6.22. The van der Waals surface area contributed by atoms with Crippen LogP contribution in [0.4, 0.5) is 0 Å². The van der Waals surface area contributed by atoms with Crippen molar-refractivity contribution in [2.24, 2.45) is 0 Å². The summed E-state index contributed by atoms with van der Waals surface area (Å²) in [4.78, 5) is 3.77. The first-order valence-corrected chi connectivity index (χ1v) is 11.0. The van der Waals surface area contributed by atoms with Gasteiger partial charge in [0.15, 0.2) is 0 Å². The molecule has 0 radical (unpaired) electrons. The van der Waals surface area contributed by atoms with Gasteiger partial charge in [-0.3, -0.25) is 0 Å². The van der Waals surface area contributed by atoms with Gasteiger partial charge in [0.05, 0.1) is 11.0 Å². The van der Waals surface area contributed by atoms with Gasteiger partial charge in [-0.15, -0.1) is 11.3 Å². The van der Waals surface area contributed by atoms with Gasteiger partial charge in [0.1, 0.15) is 0 Å². The van der Waals surface area contributed by atoms with Crippen LogP contribution in [-0.2, 0) is 0 Å². The fourth-order valence-electron chi connectivity index (χ4n) is 4.80. The molecule has 2 heteroatoms. The molecular weight excluding hydrogens is 382 g/mol. The second kappa shape index (κ2) is 5.94. The Hall–Kier alpha value is -3.62. The molecule has 0 saturated heterocycles. The van der Waals surface area contributed by atoms with Crippen LogP contribution < -0.4 is 0 Å². The van der Waals surface area contributed by atoms with E-state index in [1.54, 1.807) is 0 Å². The number of H-pyrrole nitrogens is 1. The predicted octanol–water partition coefficient (Wildman–Crippen LogP) is 8.51. The number of aromatic nitrogens is 1. The normalized spacial score (nSPS) is 12.0. The van der Waals surface area contributed by atoms with Crippen molar-refractivity contribution in [3.8, 4) is 11.1 Å². The zero-order chi connectivity index (χ0) is 19.7. The molecule has 1 nitrogen and oxygen atoms in total. The number of para-hydroxylation sites is 1. The Labute approximate surface area is 177 Å². The van der Waals surface area contributed by atoms with Crippen LogP contribution in [0.15, 0.2) is 97.1 Å². The van der Waals surface area contributed by atoms with Crippen molar-refractivity contribution < 1.29 is 0 Å². The van der Waals surface area contributed by atoms with Gasteiger partial charge in [0.2, 0.25) is 0 Å². The van der Waals surface area contributed by atoms with Crippen molar-refractivity contribution in [3.63, 3.8) is 0 Å². The minimum atomic E-state index is 1.21. The lowest BCUT2D eigenvalue weighted by Gasteiger charge is -2.04. The van der Waals surface area contributed by atoms with Crippen molar-refractivity contribution in [1.29, 1.82) is 0 Å². The summed E-state index contributed by atoms with van der Waals surface area (Å²) in [6, 6.07) is 35.3. The van der Waals surface area contributed by atoms with E-state index in [2.05, 4.69) is 102 Å². The monoisotopic (exact) mass is 399 g/mol. The Morgan fingerprint density at radius 1 is 0.500 bits per heavy atom. The molecule has 2 aromatic heterocycles. The molecule has 0 aliphatic carbocycles. The lowest BCUT2D eigenvalue weighted by atomic mass is 10.00. The highest BCUT2D eigenvalue weighted by atomic mass is 32.1. The zero-order valence-corrected chi connectivity index (χ0v) is 17.0. The Kier molecular flexibility index (Phi) is 3.21. The molecule has 5 aromatic carbocycles. The number of fused-ring (bicyclic) bond motifs is 8. The van der Waals surface area contributed by atoms with Crippen molar-refractivity contribution in [1.82, 2.24) is 4.98 Å². The third kappa shape index (κ3) is 2.17. The number of aromatic amines is 1. The predicted molar refractivity (Wildman–Crippen MR) is 132 cm³/mol. The summed E-state index contributed by atoms with van der Waals surface area (Å²) in [6.45, 7) is 0. The molecule has 1 N–H and O–H groups in total. The first-order chi connectivity index (χ1) is 14.9. The van der Waals surface area contributed by atoms with Gasteiger partial charge in [-0.25, -0.2) is 0 Å². The summed E-state index contributed by atoms with van der Waals surface area (Å²) in [7, 11) is 0. The summed E-state index contributed by atoms with van der Waals surface area (Å²) >= 11 is 1.87. The minimum Gasteiger partial charge on any atom is -0.353 e. The first kappa shape index (κ1) is 16.2. The standard InChI is InChI=1S/C28H17NS/c1-2-7-19-17(6-1)12-14-23-22-10-5-9-20(28(22)29-27(19)23)18-13-15-26-24(16-18)21-8-3-4-11-25(21)30-26/h1-16,29H. The summed E-state index contributed by atoms with van der Waals surface area (Å²) < 4.78 is 2.69. The van der Waals surface area contributed by atoms with Gasteiger partial charge >= 0.3 is 0 Å². The van der Waals surface area contributed by atoms with Crippen LogP contribution in [0.2, 0.25) is 0 Å². The van der Waals surface area contributed by atoms with Crippen LogP contribution in [0, 0.1) is 0 Å². The summed E-state index contributed by atoms with van der Waals surface area (Å²) in [5, 5.41) is 7.79. The maximum Gasteiger partial charge on any atom is 0.0544 e. The van der Waals surface area contributed by atoms with Gasteiger partial charge in [0.25, 0.3) is 0 Å². The topological polar surface area (TPSA) is 15.8 Å². The van der Waals surface area contributed by atoms with Crippen LogP contribution in [0.1, 0.15) is 0 Å². The Bertz CT molecular complexity index is 1750. The van der Waals surface area contributed by atoms with E-state index in [0.29, 0.717) is 0 Å². The Morgan fingerprint density at radius 3 is 2.23 bits per heavy atom. The van der Waals surface area contributed by atoms with Crippen molar-refractivity contribution in [3.05, 3.63) is 97.1 Å². The van der Waals surface area contributed by atoms with Gasteiger partial charge < -0.3 is 4.98 Å². The van der Waals surface area contributed by atoms with E-state index in [4.69, 9.17) is 0 Å². The lowest BCUT2D eigenvalue weighted by Crippen LogP contribution is -1.80. The summed E-state index contributed by atoms with van der Waals surface area (Å²) in [5.74, 6) is 0. The summed E-state index contributed by atoms with van der Waals surface area (Å²) in [5.41, 5.74) is 4.94. The highest BCUT2D eigenvalue weighted by molar-refractivity contribution is 7.25. The van der Waals surface area contributed by atoms with Crippen LogP contribution in [0.25, 0.3) is 63.9 Å². The molecule has 0 amide bonds. The van der Waals surface area contributed by atoms with E-state index in [1.165, 1.54) is 63.9 Å². The molecule has 0 atom stereocenters. The molecule has 7 rings (SSSR count). The number of hydrogen-bond acceptors (Lipinski definition) is 1. The lowest BCUT2D eigenvalue weighted by molar-refractivity contribution is 1.55. The van der Waals surface area contributed by atoms with Crippen LogP contribution >= 0.6 is 11.3 Å². The van der Waals surface area contributed by atoms with E-state index in [1.807, 2.05) is 11.3 Å². The van der Waals surface area contributed by atoms with Gasteiger partial charge in [-0.1, -0.05) is 78.9 Å². The van der Waals surface area contributed by atoms with Gasteiger partial charge in [0, 0.05) is 41.9 Å². The second-order valence-electron chi connectivity index (χ2n) is 7.87. The number of nitrogens with one attached hydrogen (secondary N) is 1. The molecule has 0 aliphatic heterocycles. The molecule has 0 unspecified atom stereocenters. The molecule has 0 spiro atoms. The first-order valence-electron chi connectivity index (χ1n) is 10.2. The van der Waals surface area contributed by atoms with E-state index < -0.39 is 0 Å². The Balaban J connectivity index is 1.56. The Morgan fingerprint density at radius 2 is 1.27 bits per heavy atom. The third-order valence-corrected chi connectivity index (χ3v) is 7.37. The summed E-state index contributed by atoms with van der Waals surface area (Å²) in [6.07, 6.45) is 0. The number of thiophene rings is 1. The van der Waals surface area contributed by atoms with E-state index in [-0.39, 0.29) is 0 Å². The maximum atomic E-state index is 3.77. The van der Waals surface area contributed by atoms with Crippen molar-refractivity contribution in [2.75, 3.05) is 0 Å². The average Bonchev–Trinajstić information content (AvgIpc) is 3.37. The fourth-order valence-corrected chi connectivity index (χ4v) is 5.89. The van der Waals surface area contributed by atoms with Crippen molar-refractivity contribution >= 4 is 64.1 Å². The largest absolute Gasteiger partial charge is 0.353 e. The smallest absolute Gasteiger partial charge is 0.0544 e. The quantitative estimate of drug-likeness (QED) is 0.285.